The molecule has 0 radical (unpaired) electrons. The Morgan fingerprint density at radius 2 is 1.21 bits per heavy atom. The average Bonchev–Trinajstić information content (AvgIpc) is 4.35. The van der Waals surface area contributed by atoms with Crippen molar-refractivity contribution in [3.8, 4) is 17.6 Å². The number of ether oxygens (including phenoxy) is 4. The Morgan fingerprint density at radius 3 is 1.75 bits per heavy atom. The highest BCUT2D eigenvalue weighted by Gasteiger charge is 2.74. The first-order valence-electron chi connectivity index (χ1n) is 23.8. The number of carbonyl (C=O) groups excluding carboxylic acids is 6. The van der Waals surface area contributed by atoms with Crippen LogP contribution in [0.3, 0.4) is 0 Å². The van der Waals surface area contributed by atoms with Crippen molar-refractivity contribution in [3.63, 3.8) is 0 Å². The maximum atomic E-state index is 13.6. The first kappa shape index (κ1) is 52.1. The van der Waals surface area contributed by atoms with Gasteiger partial charge in [-0.05, 0) is 111 Å². The van der Waals surface area contributed by atoms with Gasteiger partial charge in [0.05, 0.1) is 94.8 Å². The van der Waals surface area contributed by atoms with Crippen LogP contribution in [0.2, 0.25) is 0 Å². The van der Waals surface area contributed by atoms with Crippen molar-refractivity contribution in [3.05, 3.63) is 113 Å². The number of hydrogen-bond donors (Lipinski definition) is 2. The second kappa shape index (κ2) is 19.1. The molecule has 0 aliphatic carbocycles. The number of carbonyl (C=O) groups is 6. The van der Waals surface area contributed by atoms with Gasteiger partial charge in [-0.1, -0.05) is 6.07 Å². The van der Waals surface area contributed by atoms with Gasteiger partial charge in [0, 0.05) is 43.8 Å². The summed E-state index contributed by atoms with van der Waals surface area (Å²) in [5.74, 6) is -4.97. The van der Waals surface area contributed by atoms with Crippen molar-refractivity contribution in [1.29, 1.82) is 5.26 Å². The number of nitrogens with one attached hydrogen (secondary N) is 2. The Morgan fingerprint density at radius 1 is 0.707 bits per heavy atom. The fraction of sp³-hybridized carbons (Fsp3) is 0.396. The standard InChI is InChI=1S/C27H24F3N3O5.C26H22F3N3O5/c1-15(34)32-17-4-7-19(8-5-17)37-12-11-26-10-9-25(2,38-26)21-22(26)24(36)33(23(21)35)18-6-3-16(14-31)20(13-18)27(28,29)30;1-14(33)31-15-3-6-17(7-4-15)36-12-11-25-10-9-20(37-25)21-22(25)24(35)32(23(21)34)16-5-8-19(30-2)18(13-16)26(27,28)29/h3-8,13,21-22H,9-12H2,1-2H3,(H,32,34);3-8,13,20-22H,9-12H2,1H3,(H,31,33)/t21-,22+,25?,26?;20?,21-,22+,25?/m01/s1. The maximum Gasteiger partial charge on any atom is 0.417 e. The van der Waals surface area contributed by atoms with Crippen molar-refractivity contribution in [2.24, 2.45) is 23.7 Å². The number of nitriles is 1. The highest BCUT2D eigenvalue weighted by atomic mass is 19.4. The molecule has 6 heterocycles. The van der Waals surface area contributed by atoms with E-state index in [-0.39, 0.29) is 36.4 Å². The van der Waals surface area contributed by atoms with E-state index in [9.17, 15) is 55.1 Å². The highest BCUT2D eigenvalue weighted by molar-refractivity contribution is 6.24. The van der Waals surface area contributed by atoms with Gasteiger partial charge < -0.3 is 29.6 Å². The molecule has 4 aromatic rings. The van der Waals surface area contributed by atoms with Crippen LogP contribution < -0.4 is 29.9 Å². The summed E-state index contributed by atoms with van der Waals surface area (Å²) in [5, 5.41) is 14.4. The lowest BCUT2D eigenvalue weighted by molar-refractivity contribution is -0.138. The number of rotatable bonds is 12. The van der Waals surface area contributed by atoms with Crippen molar-refractivity contribution < 1.29 is 74.1 Å². The van der Waals surface area contributed by atoms with E-state index in [4.69, 9.17) is 30.8 Å². The molecule has 6 aliphatic heterocycles. The fourth-order valence-corrected chi connectivity index (χ4v) is 11.7. The fourth-order valence-electron chi connectivity index (χ4n) is 11.7. The van der Waals surface area contributed by atoms with Gasteiger partial charge in [-0.25, -0.2) is 14.6 Å². The van der Waals surface area contributed by atoms with E-state index in [1.807, 2.05) is 0 Å². The molecule has 6 amide bonds. The van der Waals surface area contributed by atoms with Crippen LogP contribution in [-0.2, 0) is 50.6 Å². The van der Waals surface area contributed by atoms with Gasteiger partial charge in [0.1, 0.15) is 11.5 Å². The molecule has 8 atom stereocenters. The predicted octanol–water partition coefficient (Wildman–Crippen LogP) is 9.15. The van der Waals surface area contributed by atoms with Crippen LogP contribution >= 0.6 is 0 Å². The summed E-state index contributed by atoms with van der Waals surface area (Å²) in [7, 11) is 0. The van der Waals surface area contributed by atoms with E-state index < -0.39 is 105 Å². The second-order valence-electron chi connectivity index (χ2n) is 19.5. The molecule has 4 unspecified atom stereocenters. The molecule has 10 rings (SSSR count). The number of nitrogens with zero attached hydrogens (tertiary/aromatic N) is 4. The molecule has 4 bridgehead atoms. The molecule has 16 nitrogen and oxygen atoms in total. The van der Waals surface area contributed by atoms with Crippen molar-refractivity contribution >= 4 is 63.9 Å². The third-order valence-corrected chi connectivity index (χ3v) is 14.9. The van der Waals surface area contributed by atoms with Gasteiger partial charge in [-0.15, -0.1) is 0 Å². The number of imide groups is 2. The van der Waals surface area contributed by atoms with E-state index in [0.717, 1.165) is 21.9 Å². The molecule has 75 heavy (non-hydrogen) atoms. The molecular weight excluding hydrogens is 995 g/mol. The van der Waals surface area contributed by atoms with E-state index >= 15 is 0 Å². The highest BCUT2D eigenvalue weighted by Crippen LogP contribution is 2.63. The zero-order valence-corrected chi connectivity index (χ0v) is 40.3. The SMILES string of the molecule is CC(=O)Nc1ccc(OCCC23CCC(C)(O2)[C@@H]2C(=O)N(c4ccc(C#N)c(C(F)(F)F)c4)C(=O)[C@@H]23)cc1.[C-]#[N+]c1ccc(N2C(=O)[C@@H]3C4CCC(CCOc5ccc(NC(C)=O)cc5)(O4)[C@@H]3C2=O)cc1C(F)(F)F. The molecule has 4 aromatic carbocycles. The Labute approximate surface area is 424 Å². The molecule has 22 heteroatoms. The van der Waals surface area contributed by atoms with Gasteiger partial charge in [-0.3, -0.25) is 28.8 Å². The third-order valence-electron chi connectivity index (χ3n) is 14.9. The maximum absolute atomic E-state index is 13.6. The number of halogens is 6. The molecule has 2 N–H and O–H groups in total. The van der Waals surface area contributed by atoms with Crippen LogP contribution in [0, 0.1) is 41.6 Å². The van der Waals surface area contributed by atoms with Crippen LogP contribution in [-0.4, -0.2) is 71.6 Å². The first-order valence-corrected chi connectivity index (χ1v) is 23.8. The summed E-state index contributed by atoms with van der Waals surface area (Å²) in [6, 6.07) is 20.7. The molecule has 390 valence electrons. The van der Waals surface area contributed by atoms with Crippen molar-refractivity contribution in [2.75, 3.05) is 33.6 Å². The van der Waals surface area contributed by atoms with Crippen LogP contribution in [0.15, 0.2) is 84.9 Å². The van der Waals surface area contributed by atoms with Gasteiger partial charge >= 0.3 is 12.4 Å². The Kier molecular flexibility index (Phi) is 13.3. The van der Waals surface area contributed by atoms with Crippen molar-refractivity contribution in [1.82, 2.24) is 0 Å². The lowest BCUT2D eigenvalue weighted by atomic mass is 9.67. The van der Waals surface area contributed by atoms with Gasteiger partial charge in [-0.2, -0.15) is 31.6 Å². The molecule has 0 spiro atoms. The first-order chi connectivity index (χ1) is 35.4. The number of alkyl halides is 6. The summed E-state index contributed by atoms with van der Waals surface area (Å²) >= 11 is 0. The number of amides is 6. The molecule has 0 saturated carbocycles. The minimum absolute atomic E-state index is 0.176. The van der Waals surface area contributed by atoms with E-state index in [2.05, 4.69) is 15.5 Å². The van der Waals surface area contributed by atoms with Gasteiger partial charge in [0.25, 0.3) is 0 Å². The van der Waals surface area contributed by atoms with Crippen LogP contribution in [0.1, 0.15) is 76.0 Å². The molecule has 6 aliphatic rings. The number of benzene rings is 4. The zero-order chi connectivity index (χ0) is 54.0. The quantitative estimate of drug-likeness (QED) is 0.0780. The average molecular weight is 1040 g/mol. The summed E-state index contributed by atoms with van der Waals surface area (Å²) in [5.41, 5.74) is -5.62. The normalized spacial score (nSPS) is 27.1. The molecular formula is C53H46F6N6O10. The second-order valence-corrected chi connectivity index (χ2v) is 19.5. The summed E-state index contributed by atoms with van der Waals surface area (Å²) in [6.07, 6.45) is -7.40. The van der Waals surface area contributed by atoms with Crippen LogP contribution in [0.25, 0.3) is 4.85 Å². The molecule has 6 fully saturated rings. The lowest BCUT2D eigenvalue weighted by Crippen LogP contribution is -2.43. The van der Waals surface area contributed by atoms with E-state index in [1.165, 1.54) is 32.0 Å². The van der Waals surface area contributed by atoms with Crippen molar-refractivity contribution in [2.45, 2.75) is 94.6 Å². The Bertz CT molecular complexity index is 3100. The summed E-state index contributed by atoms with van der Waals surface area (Å²) < 4.78 is 105. The van der Waals surface area contributed by atoms with Gasteiger partial charge in [0.2, 0.25) is 35.4 Å². The minimum Gasteiger partial charge on any atom is -0.493 e. The summed E-state index contributed by atoms with van der Waals surface area (Å²) in [6.45, 7) is 11.9. The summed E-state index contributed by atoms with van der Waals surface area (Å²) in [4.78, 5) is 80.7. The Hall–Kier alpha value is -7.82. The minimum atomic E-state index is -4.82. The van der Waals surface area contributed by atoms with Crippen LogP contribution in [0.5, 0.6) is 11.5 Å². The number of hydrogen-bond acceptors (Lipinski definition) is 11. The zero-order valence-electron chi connectivity index (χ0n) is 40.3. The Balaban J connectivity index is 0.000000184. The smallest absolute Gasteiger partial charge is 0.417 e. The monoisotopic (exact) mass is 1040 g/mol. The molecule has 6 saturated heterocycles. The predicted molar refractivity (Wildman–Crippen MR) is 253 cm³/mol. The molecule has 0 aromatic heterocycles. The van der Waals surface area contributed by atoms with E-state index in [1.54, 1.807) is 55.5 Å². The van der Waals surface area contributed by atoms with Crippen LogP contribution in [0.4, 0.5) is 54.8 Å². The number of fused-ring (bicyclic) bond motifs is 10. The van der Waals surface area contributed by atoms with Gasteiger partial charge in [0.15, 0.2) is 5.69 Å². The lowest BCUT2D eigenvalue weighted by Gasteiger charge is -2.31. The largest absolute Gasteiger partial charge is 0.493 e. The topological polar surface area (TPSA) is 198 Å². The third kappa shape index (κ3) is 9.41. The van der Waals surface area contributed by atoms with E-state index in [0.29, 0.717) is 73.5 Å². The number of anilines is 4.